The van der Waals surface area contributed by atoms with Crippen molar-refractivity contribution in [2.45, 2.75) is 244 Å². The van der Waals surface area contributed by atoms with Crippen molar-refractivity contribution >= 4 is 68.7 Å². The smallest absolute Gasteiger partial charge is 0.507 e. The third kappa shape index (κ3) is 20.2. The first-order valence-corrected chi connectivity index (χ1v) is 43.1. The third-order valence-electron chi connectivity index (χ3n) is 25.5. The standard InChI is InChI=1S/C83H109N5O26P2/c1-43(2)13-11-14-44(3)56-28-29-57-53-27-22-49-39-52(32-34-81(49,6)58(53)33-35-82(56,57)7)111-80(101)88-61(37-47-18-23-50(24-19-47)113-115(103,104)105)78(98)86-59(77(97)87-62(79(99)100)38-48-20-25-51(26-21-48)114-116(106,107)108)16-9-10-36-84-65(90)30-31-66(91)85-60-40-67(110-45(4)72(60)92)112-64-42-83(102,46(5)89)41-55-69(64)76(96)71-70(74(55)94)73(93)54-15-12-17-63(109-8)68(54)75(71)95/h12,15,17-26,43-45,52-53,56-62,64,67,72,92,94,96,102H,9-11,13-14,16,27-42H2,1-8H3,(H,84,90)(H,85,91)(H,86,98)(H,87,97)(H,88,101)(H,99,100)(H2,103,104,105)(H2,106,107,108)/t44-,45+,52+,53+,56-,57+,58+,59-,60+,61-,62-,64+,67+,72-,81+,82-,83+/m1/s1. The Morgan fingerprint density at radius 2 is 1.34 bits per heavy atom. The number of benzene rings is 4. The van der Waals surface area contributed by atoms with E-state index in [0.29, 0.717) is 53.9 Å². The zero-order valence-corrected chi connectivity index (χ0v) is 68.3. The Labute approximate surface area is 673 Å². The van der Waals surface area contributed by atoms with Gasteiger partial charge in [0.2, 0.25) is 29.4 Å². The van der Waals surface area contributed by atoms with Crippen LogP contribution in [-0.4, -0.2) is 166 Å². The molecule has 14 N–H and O–H groups in total. The molecule has 5 amide bonds. The van der Waals surface area contributed by atoms with Gasteiger partial charge in [0, 0.05) is 74.6 Å². The number of rotatable bonds is 33. The van der Waals surface area contributed by atoms with E-state index in [1.807, 2.05) is 0 Å². The normalized spacial score (nSPS) is 27.1. The predicted octanol–water partition coefficient (Wildman–Crippen LogP) is 9.24. The number of carboxylic acid groups (broad SMARTS) is 1. The number of Topliss-reactive ketones (excluding diaryl/α,β-unsaturated/α-hetero) is 1. The van der Waals surface area contributed by atoms with Crippen molar-refractivity contribution in [3.05, 3.63) is 123 Å². The van der Waals surface area contributed by atoms with Gasteiger partial charge in [0.25, 0.3) is 0 Å². The molecule has 4 aromatic carbocycles. The molecule has 17 atom stereocenters. The molecule has 1 aliphatic heterocycles. The number of amides is 5. The first kappa shape index (κ1) is 88.2. The molecule has 11 rings (SSSR count). The fourth-order valence-corrected chi connectivity index (χ4v) is 20.3. The Morgan fingerprint density at radius 1 is 0.707 bits per heavy atom. The molecule has 6 aliphatic carbocycles. The van der Waals surface area contributed by atoms with Crippen LogP contribution in [0.15, 0.2) is 78.4 Å². The Bertz CT molecular complexity index is 4510. The van der Waals surface area contributed by atoms with E-state index in [1.54, 1.807) is 0 Å². The number of carbonyl (C=O) groups is 9. The molecule has 1 heterocycles. The third-order valence-corrected chi connectivity index (χ3v) is 26.4. The van der Waals surface area contributed by atoms with Crippen LogP contribution in [0.4, 0.5) is 4.79 Å². The van der Waals surface area contributed by atoms with Crippen LogP contribution in [0, 0.1) is 46.3 Å². The zero-order chi connectivity index (χ0) is 84.3. The van der Waals surface area contributed by atoms with Gasteiger partial charge in [-0.3, -0.25) is 53.1 Å². The molecule has 632 valence electrons. The summed E-state index contributed by atoms with van der Waals surface area (Å²) in [5, 5.41) is 70.6. The van der Waals surface area contributed by atoms with E-state index < -0.39 is 171 Å². The summed E-state index contributed by atoms with van der Waals surface area (Å²) in [6, 6.07) is 8.82. The number of phenols is 2. The Hall–Kier alpha value is -8.61. The number of phenolic OH excluding ortho intramolecular Hbond substituents is 2. The van der Waals surface area contributed by atoms with Crippen LogP contribution in [0.2, 0.25) is 0 Å². The van der Waals surface area contributed by atoms with Gasteiger partial charge >= 0.3 is 27.7 Å². The number of aliphatic hydroxyl groups is 2. The van der Waals surface area contributed by atoms with E-state index in [0.717, 1.165) is 26.2 Å². The molecule has 0 radical (unpaired) electrons. The first-order chi connectivity index (χ1) is 54.7. The van der Waals surface area contributed by atoms with Gasteiger partial charge in [-0.15, -0.1) is 0 Å². The summed E-state index contributed by atoms with van der Waals surface area (Å²) in [6.45, 7) is 14.5. The molecule has 4 fully saturated rings. The second kappa shape index (κ2) is 36.3. The van der Waals surface area contributed by atoms with E-state index in [4.69, 9.17) is 23.5 Å². The summed E-state index contributed by atoms with van der Waals surface area (Å²) in [7, 11) is -8.66. The summed E-state index contributed by atoms with van der Waals surface area (Å²) < 4.78 is 56.5. The largest absolute Gasteiger partial charge is 0.524 e. The van der Waals surface area contributed by atoms with Crippen LogP contribution in [0.3, 0.4) is 0 Å². The van der Waals surface area contributed by atoms with E-state index in [9.17, 15) is 97.4 Å². The zero-order valence-electron chi connectivity index (χ0n) is 66.5. The van der Waals surface area contributed by atoms with Crippen molar-refractivity contribution in [2.24, 2.45) is 46.3 Å². The number of unbranched alkanes of at least 4 members (excludes halogenated alkanes) is 1. The van der Waals surface area contributed by atoms with Crippen molar-refractivity contribution in [1.82, 2.24) is 26.6 Å². The van der Waals surface area contributed by atoms with Crippen molar-refractivity contribution in [3.63, 3.8) is 0 Å². The topological polar surface area (TPSA) is 485 Å². The number of hydrogen-bond donors (Lipinski definition) is 14. The predicted molar refractivity (Wildman–Crippen MR) is 418 cm³/mol. The van der Waals surface area contributed by atoms with Crippen LogP contribution in [0.25, 0.3) is 0 Å². The monoisotopic (exact) mass is 1650 g/mol. The van der Waals surface area contributed by atoms with Gasteiger partial charge < -0.3 is 80.1 Å². The maximum absolute atomic E-state index is 14.9. The number of fused-ring (bicyclic) bond motifs is 8. The highest BCUT2D eigenvalue weighted by atomic mass is 31.2. The molecule has 7 aliphatic rings. The van der Waals surface area contributed by atoms with Crippen molar-refractivity contribution in [3.8, 4) is 28.7 Å². The number of methoxy groups -OCH3 is 1. The molecule has 33 heteroatoms. The number of carboxylic acids is 1. The SMILES string of the molecule is COc1cccc2c1C(=O)c1c(O)c3c(c(O)c1C2=O)C[C@@](O)(C(C)=O)C[C@@H]3O[C@H]1C[C@H](NC(=O)CCC(=O)NCCCC[C@@H](NC(=O)[C@@H](Cc2ccc(OP(=O)(O)O)cc2)NC(=O)O[C@H]2CC[C@@]3(C)C(=CC[C@H]4[C@@H]5CC[C@H]([C@H](C)CCCC(C)C)[C@@]5(C)CC[C@@H]43)C2)C(=O)N[C@H](Cc2ccc(OP(=O)(O)O)cc2)C(=O)O)[C@H](O)[C@H](C)O1. The van der Waals surface area contributed by atoms with Crippen LogP contribution in [0.5, 0.6) is 28.7 Å². The first-order valence-electron chi connectivity index (χ1n) is 40.0. The lowest BCUT2D eigenvalue weighted by molar-refractivity contribution is -0.249. The van der Waals surface area contributed by atoms with Gasteiger partial charge in [-0.1, -0.05) is 102 Å². The van der Waals surface area contributed by atoms with Gasteiger partial charge in [-0.25, -0.2) is 18.7 Å². The second-order valence-corrected chi connectivity index (χ2v) is 35.9. The number of aliphatic carboxylic acids is 1. The molecule has 116 heavy (non-hydrogen) atoms. The molecule has 0 spiro atoms. The molecule has 1 saturated heterocycles. The minimum Gasteiger partial charge on any atom is -0.507 e. The number of aliphatic hydroxyl groups excluding tert-OH is 1. The number of hydrogen-bond acceptors (Lipinski definition) is 21. The number of allylic oxidation sites excluding steroid dienone is 1. The summed E-state index contributed by atoms with van der Waals surface area (Å²) in [6.07, 6.45) is 4.14. The molecular weight excluding hydrogens is 1540 g/mol. The Kier molecular flexibility index (Phi) is 27.6. The maximum Gasteiger partial charge on any atom is 0.524 e. The van der Waals surface area contributed by atoms with Gasteiger partial charge in [-0.2, -0.15) is 0 Å². The number of phosphoric acid groups is 2. The highest BCUT2D eigenvalue weighted by Gasteiger charge is 2.60. The quantitative estimate of drug-likeness (QED) is 0.00805. The van der Waals surface area contributed by atoms with E-state index in [-0.39, 0.29) is 107 Å². The number of alkyl carbamates (subject to hydrolysis) is 1. The van der Waals surface area contributed by atoms with E-state index in [2.05, 4.69) is 71.8 Å². The lowest BCUT2D eigenvalue weighted by Crippen LogP contribution is -2.56. The molecule has 31 nitrogen and oxygen atoms in total. The second-order valence-electron chi connectivity index (χ2n) is 33.6. The maximum atomic E-state index is 14.9. The van der Waals surface area contributed by atoms with Gasteiger partial charge in [-0.05, 0) is 166 Å². The summed E-state index contributed by atoms with van der Waals surface area (Å²) in [5.41, 5.74) is -1.99. The molecule has 3 saturated carbocycles. The highest BCUT2D eigenvalue weighted by Crippen LogP contribution is 2.68. The van der Waals surface area contributed by atoms with Crippen molar-refractivity contribution in [2.75, 3.05) is 13.7 Å². The molecule has 0 aromatic heterocycles. The van der Waals surface area contributed by atoms with Gasteiger partial charge in [0.1, 0.15) is 64.7 Å². The molecule has 0 unspecified atom stereocenters. The van der Waals surface area contributed by atoms with Crippen LogP contribution >= 0.6 is 15.6 Å². The van der Waals surface area contributed by atoms with Crippen molar-refractivity contribution in [1.29, 1.82) is 0 Å². The number of carbonyl (C=O) groups excluding carboxylic acids is 8. The minimum absolute atomic E-state index is 0.0187. The average Bonchev–Trinajstić information content (AvgIpc) is 1.25. The Balaban J connectivity index is 0.735. The Morgan fingerprint density at radius 3 is 1.97 bits per heavy atom. The number of ether oxygens (including phenoxy) is 4. The fraction of sp³-hybridized carbons (Fsp3) is 0.578. The molecule has 0 bridgehead atoms. The number of aromatic hydroxyl groups is 2. The lowest BCUT2D eigenvalue weighted by atomic mass is 9.47. The molecular formula is C83H109N5O26P2. The fourth-order valence-electron chi connectivity index (χ4n) is 19.5. The van der Waals surface area contributed by atoms with E-state index >= 15 is 0 Å². The average molecular weight is 1650 g/mol. The van der Waals surface area contributed by atoms with Crippen LogP contribution in [0.1, 0.15) is 224 Å². The van der Waals surface area contributed by atoms with E-state index in [1.165, 1.54) is 125 Å². The van der Waals surface area contributed by atoms with Gasteiger partial charge in [0.15, 0.2) is 17.9 Å². The molecule has 4 aromatic rings. The number of phosphoric ester groups is 2. The van der Waals surface area contributed by atoms with Gasteiger partial charge in [0.05, 0.1) is 42.0 Å². The summed E-state index contributed by atoms with van der Waals surface area (Å²) in [4.78, 5) is 163. The number of nitrogens with one attached hydrogen (secondary N) is 5. The minimum atomic E-state index is -4.99. The highest BCUT2D eigenvalue weighted by molar-refractivity contribution is 7.47. The lowest BCUT2D eigenvalue weighted by Gasteiger charge is -2.58. The number of ketones is 3. The van der Waals surface area contributed by atoms with Crippen LogP contribution < -0.4 is 40.4 Å². The van der Waals surface area contributed by atoms with Crippen molar-refractivity contribution < 1.29 is 125 Å². The summed E-state index contributed by atoms with van der Waals surface area (Å²) >= 11 is 0. The summed E-state index contributed by atoms with van der Waals surface area (Å²) in [5.74, 6) is -5.37. The van der Waals surface area contributed by atoms with Crippen LogP contribution in [-0.2, 0) is 71.4 Å².